The summed E-state index contributed by atoms with van der Waals surface area (Å²) >= 11 is 0. The van der Waals surface area contributed by atoms with Crippen LogP contribution in [0.3, 0.4) is 0 Å². The molecule has 0 fully saturated rings. The largest absolute Gasteiger partial charge is 0.396 e. The molecule has 0 aliphatic carbocycles. The zero-order chi connectivity index (χ0) is 13.9. The monoisotopic (exact) mass is 261 g/mol. The summed E-state index contributed by atoms with van der Waals surface area (Å²) in [5.41, 5.74) is 4.78. The van der Waals surface area contributed by atoms with E-state index in [4.69, 9.17) is 15.9 Å². The van der Waals surface area contributed by atoms with Gasteiger partial charge >= 0.3 is 0 Å². The van der Waals surface area contributed by atoms with Crippen LogP contribution in [0.2, 0.25) is 0 Å². The summed E-state index contributed by atoms with van der Waals surface area (Å²) in [5.74, 6) is 0. The number of hydrogen-bond acceptors (Lipinski definition) is 3. The smallest absolute Gasteiger partial charge is 0.0553 e. The number of unbranched alkanes of at least 4 members (excludes halogenated alkanes) is 10. The Morgan fingerprint density at radius 2 is 0.944 bits per heavy atom. The molecule has 0 aromatic rings. The molecule has 0 aromatic carbocycles. The molecule has 0 aliphatic heterocycles. The van der Waals surface area contributed by atoms with Crippen molar-refractivity contribution < 1.29 is 10.2 Å². The number of rotatable bonds is 12. The summed E-state index contributed by atoms with van der Waals surface area (Å²) < 4.78 is 0. The molecule has 0 radical (unpaired) electrons. The van der Waals surface area contributed by atoms with E-state index in [1.807, 2.05) is 0 Å². The molecule has 0 saturated carbocycles. The fourth-order valence-electron chi connectivity index (χ4n) is 1.78. The summed E-state index contributed by atoms with van der Waals surface area (Å²) in [5, 5.41) is 16.3. The van der Waals surface area contributed by atoms with Gasteiger partial charge in [0.1, 0.15) is 0 Å². The van der Waals surface area contributed by atoms with E-state index in [1.54, 1.807) is 0 Å². The van der Waals surface area contributed by atoms with E-state index in [0.717, 1.165) is 6.42 Å². The Balaban J connectivity index is 0. The molecule has 0 aliphatic rings. The summed E-state index contributed by atoms with van der Waals surface area (Å²) in [6, 6.07) is 0. The molecule has 3 heteroatoms. The van der Waals surface area contributed by atoms with Crippen molar-refractivity contribution in [2.75, 3.05) is 19.8 Å². The normalized spacial score (nSPS) is 10.0. The molecule has 0 unspecified atom stereocenters. The molecule has 0 amide bonds. The van der Waals surface area contributed by atoms with Crippen molar-refractivity contribution in [2.24, 2.45) is 5.73 Å². The molecule has 0 atom stereocenters. The molecule has 0 spiro atoms. The van der Waals surface area contributed by atoms with Gasteiger partial charge in [-0.05, 0) is 6.42 Å². The Kier molecular flexibility index (Phi) is 24.8. The van der Waals surface area contributed by atoms with Gasteiger partial charge in [0.15, 0.2) is 0 Å². The highest BCUT2D eigenvalue weighted by atomic mass is 16.3. The number of nitrogens with two attached hydrogens (primary N) is 1. The lowest BCUT2D eigenvalue weighted by atomic mass is 10.1. The van der Waals surface area contributed by atoms with Gasteiger partial charge in [-0.1, -0.05) is 71.1 Å². The first-order valence-electron chi connectivity index (χ1n) is 7.75. The predicted molar refractivity (Wildman–Crippen MR) is 79.7 cm³/mol. The topological polar surface area (TPSA) is 66.5 Å². The summed E-state index contributed by atoms with van der Waals surface area (Å²) in [4.78, 5) is 0. The zero-order valence-corrected chi connectivity index (χ0v) is 12.4. The zero-order valence-electron chi connectivity index (χ0n) is 12.4. The van der Waals surface area contributed by atoms with Crippen LogP contribution in [0.15, 0.2) is 0 Å². The van der Waals surface area contributed by atoms with Crippen LogP contribution in [-0.2, 0) is 0 Å². The Bertz CT molecular complexity index is 107. The van der Waals surface area contributed by atoms with Crippen molar-refractivity contribution in [3.63, 3.8) is 0 Å². The second kappa shape index (κ2) is 22.1. The molecule has 4 N–H and O–H groups in total. The molecular formula is C15H35NO2. The second-order valence-corrected chi connectivity index (χ2v) is 4.77. The van der Waals surface area contributed by atoms with Gasteiger partial charge in [-0.2, -0.15) is 0 Å². The van der Waals surface area contributed by atoms with Crippen molar-refractivity contribution in [2.45, 2.75) is 77.6 Å². The standard InChI is InChI=1S/C13H28O.C2H7NO/c1-2-3-4-5-6-7-8-9-10-11-12-13-14;3-1-2-4/h14H,2-13H2,1H3;4H,1-3H2. The minimum absolute atomic E-state index is 0.0972. The van der Waals surface area contributed by atoms with E-state index in [-0.39, 0.29) is 6.61 Å². The summed E-state index contributed by atoms with van der Waals surface area (Å²) in [7, 11) is 0. The van der Waals surface area contributed by atoms with Gasteiger partial charge in [-0.15, -0.1) is 0 Å². The van der Waals surface area contributed by atoms with Crippen LogP contribution >= 0.6 is 0 Å². The maximum Gasteiger partial charge on any atom is 0.0553 e. The first kappa shape index (κ1) is 20.2. The first-order chi connectivity index (χ1) is 8.83. The molecule has 0 saturated heterocycles. The van der Waals surface area contributed by atoms with Gasteiger partial charge in [0.05, 0.1) is 6.61 Å². The van der Waals surface area contributed by atoms with Crippen LogP contribution in [0, 0.1) is 0 Å². The first-order valence-corrected chi connectivity index (χ1v) is 7.75. The molecule has 0 heterocycles. The number of aliphatic hydroxyl groups is 2. The third-order valence-corrected chi connectivity index (χ3v) is 2.89. The summed E-state index contributed by atoms with van der Waals surface area (Å²) in [6.45, 7) is 3.11. The highest BCUT2D eigenvalue weighted by Gasteiger charge is 1.91. The SMILES string of the molecule is CCCCCCCCCCCCCO.NCCO. The molecule has 0 bridgehead atoms. The van der Waals surface area contributed by atoms with E-state index < -0.39 is 0 Å². The van der Waals surface area contributed by atoms with Crippen LogP contribution in [0.5, 0.6) is 0 Å². The van der Waals surface area contributed by atoms with Crippen molar-refractivity contribution in [3.8, 4) is 0 Å². The molecule has 112 valence electrons. The van der Waals surface area contributed by atoms with Crippen LogP contribution in [0.1, 0.15) is 77.6 Å². The minimum Gasteiger partial charge on any atom is -0.396 e. The second-order valence-electron chi connectivity index (χ2n) is 4.77. The fourth-order valence-corrected chi connectivity index (χ4v) is 1.78. The molecule has 0 rings (SSSR count). The Hall–Kier alpha value is -0.120. The van der Waals surface area contributed by atoms with Gasteiger partial charge in [-0.3, -0.25) is 0 Å². The average molecular weight is 261 g/mol. The van der Waals surface area contributed by atoms with Crippen molar-refractivity contribution in [1.82, 2.24) is 0 Å². The number of hydrogen-bond donors (Lipinski definition) is 3. The number of aliphatic hydroxyl groups excluding tert-OH is 2. The van der Waals surface area contributed by atoms with Crippen molar-refractivity contribution in [3.05, 3.63) is 0 Å². The predicted octanol–water partition coefficient (Wildman–Crippen LogP) is 3.23. The quantitative estimate of drug-likeness (QED) is 0.473. The third-order valence-electron chi connectivity index (χ3n) is 2.89. The van der Waals surface area contributed by atoms with Crippen molar-refractivity contribution in [1.29, 1.82) is 0 Å². The van der Waals surface area contributed by atoms with Gasteiger partial charge in [-0.25, -0.2) is 0 Å². The fraction of sp³-hybridized carbons (Fsp3) is 1.00. The lowest BCUT2D eigenvalue weighted by molar-refractivity contribution is 0.282. The minimum atomic E-state index is 0.0972. The van der Waals surface area contributed by atoms with Gasteiger partial charge in [0.2, 0.25) is 0 Å². The Morgan fingerprint density at radius 3 is 1.22 bits per heavy atom. The lowest BCUT2D eigenvalue weighted by Crippen LogP contribution is -2.02. The van der Waals surface area contributed by atoms with Gasteiger partial charge < -0.3 is 15.9 Å². The van der Waals surface area contributed by atoms with Crippen LogP contribution in [-0.4, -0.2) is 30.0 Å². The average Bonchev–Trinajstić information content (AvgIpc) is 2.41. The maximum atomic E-state index is 8.59. The lowest BCUT2D eigenvalue weighted by Gasteiger charge is -2.01. The van der Waals surface area contributed by atoms with E-state index in [1.165, 1.54) is 64.2 Å². The van der Waals surface area contributed by atoms with Gasteiger partial charge in [0.25, 0.3) is 0 Å². The van der Waals surface area contributed by atoms with E-state index in [0.29, 0.717) is 13.2 Å². The Morgan fingerprint density at radius 1 is 0.611 bits per heavy atom. The molecule has 3 nitrogen and oxygen atoms in total. The van der Waals surface area contributed by atoms with E-state index >= 15 is 0 Å². The third kappa shape index (κ3) is 24.9. The molecule has 0 aromatic heterocycles. The molecular weight excluding hydrogens is 226 g/mol. The highest BCUT2D eigenvalue weighted by Crippen LogP contribution is 2.10. The van der Waals surface area contributed by atoms with E-state index in [2.05, 4.69) is 6.92 Å². The highest BCUT2D eigenvalue weighted by molar-refractivity contribution is 4.47. The van der Waals surface area contributed by atoms with Gasteiger partial charge in [0, 0.05) is 13.2 Å². The van der Waals surface area contributed by atoms with Crippen LogP contribution in [0.4, 0.5) is 0 Å². The van der Waals surface area contributed by atoms with Crippen molar-refractivity contribution >= 4 is 0 Å². The Labute approximate surface area is 114 Å². The van der Waals surface area contributed by atoms with Crippen LogP contribution < -0.4 is 5.73 Å². The van der Waals surface area contributed by atoms with E-state index in [9.17, 15) is 0 Å². The molecule has 18 heavy (non-hydrogen) atoms. The maximum absolute atomic E-state index is 8.59. The summed E-state index contributed by atoms with van der Waals surface area (Å²) in [6.07, 6.45) is 14.8. The van der Waals surface area contributed by atoms with Crippen LogP contribution in [0.25, 0.3) is 0 Å².